The van der Waals surface area contributed by atoms with Crippen LogP contribution in [-0.4, -0.2) is 64.1 Å². The van der Waals surface area contributed by atoms with Crippen molar-refractivity contribution in [2.45, 2.75) is 103 Å². The van der Waals surface area contributed by atoms with Crippen molar-refractivity contribution in [1.29, 1.82) is 0 Å². The molecule has 42 heavy (non-hydrogen) atoms. The van der Waals surface area contributed by atoms with Crippen molar-refractivity contribution < 1.29 is 52.8 Å². The molecule has 0 amide bonds. The Morgan fingerprint density at radius 2 is 1.83 bits per heavy atom. The van der Waals surface area contributed by atoms with Crippen LogP contribution in [0.4, 0.5) is 0 Å². The van der Waals surface area contributed by atoms with Crippen molar-refractivity contribution in [3.05, 3.63) is 24.2 Å². The van der Waals surface area contributed by atoms with Gasteiger partial charge in [0.15, 0.2) is 17.2 Å². The van der Waals surface area contributed by atoms with Crippen LogP contribution in [0.5, 0.6) is 0 Å². The second kappa shape index (κ2) is 9.89. The van der Waals surface area contributed by atoms with Gasteiger partial charge in [0.25, 0.3) is 0 Å². The van der Waals surface area contributed by atoms with Crippen molar-refractivity contribution in [3.8, 4) is 0 Å². The van der Waals surface area contributed by atoms with Gasteiger partial charge >= 0.3 is 17.9 Å². The van der Waals surface area contributed by atoms with E-state index < -0.39 is 93.8 Å². The summed E-state index contributed by atoms with van der Waals surface area (Å²) in [4.78, 5) is 53.0. The normalized spacial score (nSPS) is 42.6. The number of esters is 3. The molecule has 11 heteroatoms. The second-order valence-corrected chi connectivity index (χ2v) is 13.9. The van der Waals surface area contributed by atoms with Crippen LogP contribution in [0, 0.1) is 34.5 Å². The lowest BCUT2D eigenvalue weighted by molar-refractivity contribution is -0.338. The summed E-state index contributed by atoms with van der Waals surface area (Å²) in [7, 11) is 1.27. The first-order valence-electron chi connectivity index (χ1n) is 14.6. The Bertz CT molecular complexity index is 1270. The zero-order chi connectivity index (χ0) is 31.0. The molecule has 2 aliphatic carbocycles. The summed E-state index contributed by atoms with van der Waals surface area (Å²) in [5.74, 6) is -7.16. The van der Waals surface area contributed by atoms with Gasteiger partial charge in [-0.05, 0) is 18.4 Å². The number of aliphatic hydroxyl groups is 2. The molecule has 2 saturated heterocycles. The van der Waals surface area contributed by atoms with E-state index in [1.54, 1.807) is 40.7 Å². The van der Waals surface area contributed by atoms with Crippen molar-refractivity contribution >= 4 is 23.7 Å². The Morgan fingerprint density at radius 3 is 2.43 bits per heavy atom. The standard InChI is InChI=1S/C31H42O11/c1-16(2)25(35)41-26-27(4,5)19(12-21(32)38-7)17(3)23(34)29(26)15-30(36)20-13-22(33)40-24(18-8-11-39-14-18)28(20,6)9-10-31(30,37)42-29/h8,11,14,16-17,19-20,24,26,36-37H,9-10,12-13,15H2,1-7H3/t17-,19-,20+,24+,26+,28-,29+,30+,31+/m1/s1. The Balaban J connectivity index is 1.63. The van der Waals surface area contributed by atoms with Crippen LogP contribution in [0.15, 0.2) is 23.0 Å². The van der Waals surface area contributed by atoms with Crippen molar-refractivity contribution in [2.24, 2.45) is 34.5 Å². The highest BCUT2D eigenvalue weighted by Crippen LogP contribution is 2.68. The lowest BCUT2D eigenvalue weighted by atomic mass is 9.50. The number of fused-ring (bicyclic) bond motifs is 3. The highest BCUT2D eigenvalue weighted by molar-refractivity contribution is 5.93. The number of methoxy groups -OCH3 is 1. The van der Waals surface area contributed by atoms with Crippen molar-refractivity contribution in [2.75, 3.05) is 7.11 Å². The highest BCUT2D eigenvalue weighted by Gasteiger charge is 2.80. The molecule has 1 aromatic heterocycles. The van der Waals surface area contributed by atoms with E-state index in [4.69, 9.17) is 23.4 Å². The van der Waals surface area contributed by atoms with E-state index in [1.807, 2.05) is 6.92 Å². The minimum atomic E-state index is -2.22. The molecule has 2 N–H and O–H groups in total. The minimum Gasteiger partial charge on any atom is -0.472 e. The number of cyclic esters (lactones) is 1. The predicted octanol–water partition coefficient (Wildman–Crippen LogP) is 3.25. The Hall–Kier alpha value is -2.76. The number of ketones is 1. The molecule has 0 radical (unpaired) electrons. The smallest absolute Gasteiger partial charge is 0.308 e. The maximum Gasteiger partial charge on any atom is 0.308 e. The van der Waals surface area contributed by atoms with E-state index >= 15 is 0 Å². The van der Waals surface area contributed by atoms with Gasteiger partial charge in [-0.2, -0.15) is 0 Å². The summed E-state index contributed by atoms with van der Waals surface area (Å²) in [6.45, 7) is 10.5. The zero-order valence-electron chi connectivity index (χ0n) is 25.3. The first-order valence-corrected chi connectivity index (χ1v) is 14.6. The van der Waals surface area contributed by atoms with Gasteiger partial charge in [0.1, 0.15) is 17.8 Å². The van der Waals surface area contributed by atoms with Gasteiger partial charge in [0.2, 0.25) is 0 Å². The van der Waals surface area contributed by atoms with Crippen molar-refractivity contribution in [1.82, 2.24) is 0 Å². The molecule has 0 aromatic carbocycles. The second-order valence-electron chi connectivity index (χ2n) is 13.9. The van der Waals surface area contributed by atoms with Crippen LogP contribution < -0.4 is 0 Å². The fourth-order valence-corrected chi connectivity index (χ4v) is 8.48. The van der Waals surface area contributed by atoms with Crippen LogP contribution >= 0.6 is 0 Å². The largest absolute Gasteiger partial charge is 0.472 e. The summed E-state index contributed by atoms with van der Waals surface area (Å²) < 4.78 is 28.4. The Kier molecular flexibility index (Phi) is 7.22. The molecule has 0 unspecified atom stereocenters. The van der Waals surface area contributed by atoms with Crippen LogP contribution in [-0.2, 0) is 38.1 Å². The van der Waals surface area contributed by atoms with Crippen LogP contribution in [0.25, 0.3) is 0 Å². The molecule has 0 bridgehead atoms. The summed E-state index contributed by atoms with van der Waals surface area (Å²) in [5.41, 5.74) is -5.27. The first-order chi connectivity index (χ1) is 19.5. The van der Waals surface area contributed by atoms with E-state index in [9.17, 15) is 29.4 Å². The summed E-state index contributed by atoms with van der Waals surface area (Å²) in [5, 5.41) is 24.7. The molecule has 11 nitrogen and oxygen atoms in total. The molecular formula is C31H42O11. The minimum absolute atomic E-state index is 0.0668. The lowest BCUT2D eigenvalue weighted by Crippen LogP contribution is -2.67. The van der Waals surface area contributed by atoms with Gasteiger partial charge in [-0.25, -0.2) is 0 Å². The third-order valence-corrected chi connectivity index (χ3v) is 10.8. The maximum absolute atomic E-state index is 14.5. The number of hydrogen-bond acceptors (Lipinski definition) is 11. The monoisotopic (exact) mass is 590 g/mol. The van der Waals surface area contributed by atoms with E-state index in [0.717, 1.165) is 0 Å². The van der Waals surface area contributed by atoms with Gasteiger partial charge in [-0.15, -0.1) is 0 Å². The molecule has 3 heterocycles. The number of carbonyl (C=O) groups excluding carboxylic acids is 4. The predicted molar refractivity (Wildman–Crippen MR) is 144 cm³/mol. The van der Waals surface area contributed by atoms with E-state index in [0.29, 0.717) is 12.0 Å². The van der Waals surface area contributed by atoms with Crippen LogP contribution in [0.3, 0.4) is 0 Å². The molecule has 1 aromatic rings. The molecule has 1 spiro atoms. The molecule has 4 aliphatic rings. The molecule has 2 aliphatic heterocycles. The highest BCUT2D eigenvalue weighted by atomic mass is 16.7. The molecule has 232 valence electrons. The van der Waals surface area contributed by atoms with E-state index in [2.05, 4.69) is 0 Å². The van der Waals surface area contributed by atoms with Crippen LogP contribution in [0.2, 0.25) is 0 Å². The molecule has 2 saturated carbocycles. The van der Waals surface area contributed by atoms with E-state index in [-0.39, 0.29) is 19.3 Å². The number of hydrogen-bond donors (Lipinski definition) is 2. The van der Waals surface area contributed by atoms with Gasteiger partial charge < -0.3 is 33.6 Å². The lowest BCUT2D eigenvalue weighted by Gasteiger charge is -2.58. The third kappa shape index (κ3) is 4.17. The maximum atomic E-state index is 14.5. The Morgan fingerprint density at radius 1 is 1.14 bits per heavy atom. The van der Waals surface area contributed by atoms with Gasteiger partial charge in [0.05, 0.1) is 32.0 Å². The summed E-state index contributed by atoms with van der Waals surface area (Å²) in [6, 6.07) is 1.70. The number of furan rings is 1. The van der Waals surface area contributed by atoms with Crippen LogP contribution in [0.1, 0.15) is 85.3 Å². The molecule has 9 atom stereocenters. The van der Waals surface area contributed by atoms with Gasteiger partial charge in [0, 0.05) is 47.5 Å². The fourth-order valence-electron chi connectivity index (χ4n) is 8.48. The molecule has 4 fully saturated rings. The number of carbonyl (C=O) groups is 4. The number of rotatable bonds is 5. The average Bonchev–Trinajstić information content (AvgIpc) is 3.54. The fraction of sp³-hybridized carbons (Fsp3) is 0.742. The topological polar surface area (TPSA) is 159 Å². The van der Waals surface area contributed by atoms with Gasteiger partial charge in [-0.1, -0.05) is 41.5 Å². The summed E-state index contributed by atoms with van der Waals surface area (Å²) >= 11 is 0. The first kappa shape index (κ1) is 30.7. The SMILES string of the molecule is COC(=O)C[C@@H]1[C@@H](C)C(=O)[C@@]2(C[C@]3(O)[C@H]4CC(=O)O[C@@H](c5ccoc5)[C@]4(C)CC[C@]3(O)O2)[C@@H](OC(=O)C(C)C)C1(C)C. The van der Waals surface area contributed by atoms with E-state index in [1.165, 1.54) is 19.6 Å². The third-order valence-electron chi connectivity index (χ3n) is 10.8. The zero-order valence-corrected chi connectivity index (χ0v) is 25.3. The number of ether oxygens (including phenoxy) is 4. The quantitative estimate of drug-likeness (QED) is 0.383. The number of Topliss-reactive ketones (excluding diaryl/α,β-unsaturated/α-hetero) is 1. The Labute approximate surface area is 245 Å². The molecular weight excluding hydrogens is 548 g/mol. The van der Waals surface area contributed by atoms with Gasteiger partial charge in [-0.3, -0.25) is 19.2 Å². The summed E-state index contributed by atoms with van der Waals surface area (Å²) in [6.07, 6.45) is 0.448. The van der Waals surface area contributed by atoms with Crippen molar-refractivity contribution in [3.63, 3.8) is 0 Å². The molecule has 5 rings (SSSR count). The average molecular weight is 591 g/mol.